The molecular formula is C45H30N2O. The van der Waals surface area contributed by atoms with Gasteiger partial charge in [-0.2, -0.15) is 0 Å². The minimum Gasteiger partial charge on any atom is -0.438 e. The third-order valence-electron chi connectivity index (χ3n) is 9.09. The van der Waals surface area contributed by atoms with Crippen molar-refractivity contribution in [2.45, 2.75) is 0 Å². The summed E-state index contributed by atoms with van der Waals surface area (Å²) in [4.78, 5) is 6.79. The zero-order chi connectivity index (χ0) is 31.9. The van der Waals surface area contributed by atoms with E-state index in [9.17, 15) is 0 Å². The van der Waals surface area contributed by atoms with Crippen LogP contribution in [0.3, 0.4) is 0 Å². The van der Waals surface area contributed by atoms with Crippen LogP contribution in [-0.4, -0.2) is 4.98 Å². The van der Waals surface area contributed by atoms with Gasteiger partial charge in [0.05, 0.1) is 0 Å². The Morgan fingerprint density at radius 2 is 0.938 bits per heavy atom. The van der Waals surface area contributed by atoms with E-state index in [1.807, 2.05) is 6.07 Å². The van der Waals surface area contributed by atoms with Crippen molar-refractivity contribution in [1.82, 2.24) is 4.98 Å². The van der Waals surface area contributed by atoms with E-state index >= 15 is 0 Å². The quantitative estimate of drug-likeness (QED) is 0.187. The molecule has 0 saturated heterocycles. The third kappa shape index (κ3) is 5.08. The fourth-order valence-electron chi connectivity index (χ4n) is 6.69. The van der Waals surface area contributed by atoms with Gasteiger partial charge in [0.15, 0.2) is 0 Å². The molecule has 0 amide bonds. The fourth-order valence-corrected chi connectivity index (χ4v) is 6.69. The first kappa shape index (κ1) is 27.8. The summed E-state index contributed by atoms with van der Waals surface area (Å²) in [7, 11) is 0. The smallest absolute Gasteiger partial charge is 0.227 e. The molecule has 0 spiro atoms. The number of aromatic nitrogens is 1. The SMILES string of the molecule is c1ccc(-c2ccc(-c3cccc(N(c4cccc(-c5ccccc5)c4)c4ccc5cc6c(cc5c4)oc4ncccc46)c3)cc2)cc1. The molecule has 0 unspecified atom stereocenters. The molecule has 9 rings (SSSR count). The van der Waals surface area contributed by atoms with Gasteiger partial charge < -0.3 is 9.32 Å². The van der Waals surface area contributed by atoms with Crippen molar-refractivity contribution >= 4 is 49.9 Å². The van der Waals surface area contributed by atoms with Crippen molar-refractivity contribution in [3.05, 3.63) is 182 Å². The Morgan fingerprint density at radius 3 is 1.60 bits per heavy atom. The van der Waals surface area contributed by atoms with Crippen LogP contribution in [0.1, 0.15) is 0 Å². The van der Waals surface area contributed by atoms with Gasteiger partial charge in [-0.25, -0.2) is 4.98 Å². The predicted octanol–water partition coefficient (Wildman–Crippen LogP) is 12.6. The molecule has 7 aromatic carbocycles. The molecule has 2 heterocycles. The molecule has 0 saturated carbocycles. The van der Waals surface area contributed by atoms with Crippen molar-refractivity contribution in [2.24, 2.45) is 0 Å². The maximum atomic E-state index is 6.17. The Kier molecular flexibility index (Phi) is 6.80. The number of furan rings is 1. The molecule has 3 nitrogen and oxygen atoms in total. The molecule has 3 heteroatoms. The molecule has 0 aliphatic carbocycles. The lowest BCUT2D eigenvalue weighted by Crippen LogP contribution is -2.10. The van der Waals surface area contributed by atoms with Crippen LogP contribution in [-0.2, 0) is 0 Å². The van der Waals surface area contributed by atoms with Gasteiger partial charge in [0.1, 0.15) is 5.58 Å². The van der Waals surface area contributed by atoms with Crippen LogP contribution >= 0.6 is 0 Å². The van der Waals surface area contributed by atoms with E-state index < -0.39 is 0 Å². The molecule has 0 N–H and O–H groups in total. The summed E-state index contributed by atoms with van der Waals surface area (Å²) in [6.45, 7) is 0. The molecule has 0 fully saturated rings. The van der Waals surface area contributed by atoms with Crippen LogP contribution in [0, 0.1) is 0 Å². The van der Waals surface area contributed by atoms with E-state index in [2.05, 4.69) is 180 Å². The molecule has 0 aliphatic rings. The van der Waals surface area contributed by atoms with Crippen molar-refractivity contribution in [1.29, 1.82) is 0 Å². The number of hydrogen-bond acceptors (Lipinski definition) is 3. The second kappa shape index (κ2) is 11.7. The van der Waals surface area contributed by atoms with Crippen molar-refractivity contribution in [2.75, 3.05) is 4.90 Å². The second-order valence-corrected chi connectivity index (χ2v) is 12.1. The van der Waals surface area contributed by atoms with Gasteiger partial charge in [-0.05, 0) is 105 Å². The van der Waals surface area contributed by atoms with Gasteiger partial charge in [-0.3, -0.25) is 0 Å². The maximum Gasteiger partial charge on any atom is 0.227 e. The summed E-state index contributed by atoms with van der Waals surface area (Å²) in [5.74, 6) is 0. The largest absolute Gasteiger partial charge is 0.438 e. The van der Waals surface area contributed by atoms with Crippen molar-refractivity contribution < 1.29 is 4.42 Å². The van der Waals surface area contributed by atoms with Crippen LogP contribution in [0.25, 0.3) is 66.2 Å². The molecule has 0 radical (unpaired) electrons. The zero-order valence-electron chi connectivity index (χ0n) is 26.1. The molecular weight excluding hydrogens is 585 g/mol. The first-order chi connectivity index (χ1) is 23.8. The first-order valence-corrected chi connectivity index (χ1v) is 16.2. The highest BCUT2D eigenvalue weighted by molar-refractivity contribution is 6.09. The van der Waals surface area contributed by atoms with E-state index in [1.54, 1.807) is 6.20 Å². The number of anilines is 3. The van der Waals surface area contributed by atoms with E-state index in [0.717, 1.165) is 49.8 Å². The van der Waals surface area contributed by atoms with Gasteiger partial charge in [-0.1, -0.05) is 115 Å². The summed E-state index contributed by atoms with van der Waals surface area (Å²) < 4.78 is 6.17. The average molecular weight is 615 g/mol. The number of pyridine rings is 1. The van der Waals surface area contributed by atoms with Crippen molar-refractivity contribution in [3.63, 3.8) is 0 Å². The monoisotopic (exact) mass is 614 g/mol. The lowest BCUT2D eigenvalue weighted by Gasteiger charge is -2.27. The van der Waals surface area contributed by atoms with Crippen molar-refractivity contribution in [3.8, 4) is 33.4 Å². The van der Waals surface area contributed by atoms with E-state index in [4.69, 9.17) is 4.42 Å². The number of fused-ring (bicyclic) bond motifs is 4. The highest BCUT2D eigenvalue weighted by atomic mass is 16.3. The number of hydrogen-bond donors (Lipinski definition) is 0. The standard InChI is InChI=1S/C45H30N2O/c1-3-10-31(11-4-1)33-19-21-34(22-20-33)36-15-8-17-40(27-36)47(39-16-7-14-35(26-39)32-12-5-2-6-13-32)41-24-23-37-29-43-42-18-9-25-46-45(42)48-44(43)30-38(37)28-41/h1-30H. The van der Waals surface area contributed by atoms with Gasteiger partial charge >= 0.3 is 0 Å². The number of benzene rings is 7. The molecule has 0 bridgehead atoms. The van der Waals surface area contributed by atoms with Gasteiger partial charge in [0, 0.05) is 34.0 Å². The Bertz CT molecular complexity index is 2550. The maximum absolute atomic E-state index is 6.17. The molecule has 0 aliphatic heterocycles. The summed E-state index contributed by atoms with van der Waals surface area (Å²) >= 11 is 0. The van der Waals surface area contributed by atoms with Gasteiger partial charge in [0.25, 0.3) is 0 Å². The minimum atomic E-state index is 0.663. The highest BCUT2D eigenvalue weighted by Crippen LogP contribution is 2.40. The Morgan fingerprint density at radius 1 is 0.375 bits per heavy atom. The number of rotatable bonds is 6. The van der Waals surface area contributed by atoms with Crippen LogP contribution in [0.4, 0.5) is 17.1 Å². The van der Waals surface area contributed by atoms with Crippen LogP contribution < -0.4 is 4.90 Å². The minimum absolute atomic E-state index is 0.663. The summed E-state index contributed by atoms with van der Waals surface area (Å²) in [5.41, 5.74) is 11.9. The molecule has 226 valence electrons. The van der Waals surface area contributed by atoms with Crippen LogP contribution in [0.2, 0.25) is 0 Å². The normalized spacial score (nSPS) is 11.3. The molecule has 0 atom stereocenters. The fraction of sp³-hybridized carbons (Fsp3) is 0. The Labute approximate surface area is 279 Å². The topological polar surface area (TPSA) is 29.3 Å². The van der Waals surface area contributed by atoms with E-state index in [-0.39, 0.29) is 0 Å². The van der Waals surface area contributed by atoms with Gasteiger partial charge in [0.2, 0.25) is 5.71 Å². The highest BCUT2D eigenvalue weighted by Gasteiger charge is 2.16. The molecule has 2 aromatic heterocycles. The molecule has 9 aromatic rings. The van der Waals surface area contributed by atoms with E-state index in [1.165, 1.54) is 27.8 Å². The first-order valence-electron chi connectivity index (χ1n) is 16.2. The lowest BCUT2D eigenvalue weighted by molar-refractivity contribution is 0.654. The lowest BCUT2D eigenvalue weighted by atomic mass is 9.99. The second-order valence-electron chi connectivity index (χ2n) is 12.1. The summed E-state index contributed by atoms with van der Waals surface area (Å²) in [5, 5.41) is 4.38. The van der Waals surface area contributed by atoms with Gasteiger partial charge in [-0.15, -0.1) is 0 Å². The zero-order valence-corrected chi connectivity index (χ0v) is 26.1. The molecule has 48 heavy (non-hydrogen) atoms. The predicted molar refractivity (Wildman–Crippen MR) is 200 cm³/mol. The summed E-state index contributed by atoms with van der Waals surface area (Å²) in [6.07, 6.45) is 1.77. The van der Waals surface area contributed by atoms with E-state index in [0.29, 0.717) is 5.71 Å². The Hall–Kier alpha value is -6.45. The summed E-state index contributed by atoms with van der Waals surface area (Å²) in [6, 6.07) is 62.5. The third-order valence-corrected chi connectivity index (χ3v) is 9.09. The van der Waals surface area contributed by atoms with Crippen LogP contribution in [0.5, 0.6) is 0 Å². The average Bonchev–Trinajstić information content (AvgIpc) is 3.52. The Balaban J connectivity index is 1.17. The van der Waals surface area contributed by atoms with Crippen LogP contribution in [0.15, 0.2) is 187 Å². The number of nitrogens with zero attached hydrogens (tertiary/aromatic N) is 2.